The van der Waals surface area contributed by atoms with Gasteiger partial charge in [0, 0.05) is 5.69 Å². The van der Waals surface area contributed by atoms with Crippen LogP contribution in [0, 0.1) is 6.92 Å². The van der Waals surface area contributed by atoms with Gasteiger partial charge in [-0.1, -0.05) is 39.0 Å². The van der Waals surface area contributed by atoms with E-state index in [2.05, 4.69) is 51.2 Å². The second-order valence-corrected chi connectivity index (χ2v) is 5.18. The fraction of sp³-hybridized carbons (Fsp3) is 0.417. The van der Waals surface area contributed by atoms with Gasteiger partial charge in [0.05, 0.1) is 0 Å². The van der Waals surface area contributed by atoms with E-state index in [1.165, 1.54) is 5.56 Å². The van der Waals surface area contributed by atoms with Gasteiger partial charge < -0.3 is 11.1 Å². The van der Waals surface area contributed by atoms with E-state index in [4.69, 9.17) is 18.0 Å². The minimum Gasteiger partial charge on any atom is -0.376 e. The molecule has 3 heteroatoms. The summed E-state index contributed by atoms with van der Waals surface area (Å²) in [6.45, 7) is 8.57. The monoisotopic (exact) mass is 222 g/mol. The summed E-state index contributed by atoms with van der Waals surface area (Å²) in [5.74, 6) is 0. The van der Waals surface area contributed by atoms with Crippen LogP contribution >= 0.6 is 12.2 Å². The lowest BCUT2D eigenvalue weighted by atomic mass is 9.84. The predicted octanol–water partition coefficient (Wildman–Crippen LogP) is 2.95. The Balaban J connectivity index is 3.26. The zero-order valence-corrected chi connectivity index (χ0v) is 10.5. The molecule has 82 valence electrons. The van der Waals surface area contributed by atoms with E-state index < -0.39 is 0 Å². The Morgan fingerprint density at radius 3 is 2.40 bits per heavy atom. The molecule has 1 aromatic rings. The smallest absolute Gasteiger partial charge is 0.168 e. The fourth-order valence-electron chi connectivity index (χ4n) is 1.58. The number of benzene rings is 1. The maximum atomic E-state index is 5.53. The first-order chi connectivity index (χ1) is 6.82. The molecule has 0 amide bonds. The third kappa shape index (κ3) is 2.93. The molecule has 0 fully saturated rings. The molecule has 0 aliphatic heterocycles. The zero-order chi connectivity index (χ0) is 11.6. The first-order valence-corrected chi connectivity index (χ1v) is 5.40. The van der Waals surface area contributed by atoms with Crippen LogP contribution in [0.15, 0.2) is 18.2 Å². The van der Waals surface area contributed by atoms with Crippen molar-refractivity contribution in [2.75, 3.05) is 5.32 Å². The summed E-state index contributed by atoms with van der Waals surface area (Å²) in [5, 5.41) is 3.37. The van der Waals surface area contributed by atoms with Gasteiger partial charge in [0.15, 0.2) is 5.11 Å². The molecular formula is C12H18N2S. The van der Waals surface area contributed by atoms with Gasteiger partial charge in [0.1, 0.15) is 0 Å². The van der Waals surface area contributed by atoms with Crippen LogP contribution in [-0.2, 0) is 5.41 Å². The van der Waals surface area contributed by atoms with E-state index >= 15 is 0 Å². The third-order valence-electron chi connectivity index (χ3n) is 2.33. The summed E-state index contributed by atoms with van der Waals surface area (Å²) in [6, 6.07) is 6.21. The van der Waals surface area contributed by atoms with Gasteiger partial charge in [-0.25, -0.2) is 0 Å². The van der Waals surface area contributed by atoms with Crippen molar-refractivity contribution in [2.24, 2.45) is 5.73 Å². The van der Waals surface area contributed by atoms with Crippen molar-refractivity contribution in [3.05, 3.63) is 29.3 Å². The molecule has 0 saturated carbocycles. The van der Waals surface area contributed by atoms with Crippen LogP contribution in [0.2, 0.25) is 0 Å². The Labute approximate surface area is 96.9 Å². The highest BCUT2D eigenvalue weighted by molar-refractivity contribution is 7.80. The van der Waals surface area contributed by atoms with Crippen molar-refractivity contribution in [2.45, 2.75) is 33.1 Å². The number of para-hydroxylation sites is 1. The largest absolute Gasteiger partial charge is 0.376 e. The molecule has 0 unspecified atom stereocenters. The Morgan fingerprint density at radius 1 is 1.33 bits per heavy atom. The van der Waals surface area contributed by atoms with Crippen molar-refractivity contribution >= 4 is 23.0 Å². The summed E-state index contributed by atoms with van der Waals surface area (Å²) in [5.41, 5.74) is 9.04. The molecule has 0 radical (unpaired) electrons. The molecule has 1 aromatic carbocycles. The van der Waals surface area contributed by atoms with E-state index in [9.17, 15) is 0 Å². The highest BCUT2D eigenvalue weighted by Crippen LogP contribution is 2.31. The second-order valence-electron chi connectivity index (χ2n) is 4.74. The topological polar surface area (TPSA) is 38.0 Å². The molecule has 0 bridgehead atoms. The molecule has 0 atom stereocenters. The van der Waals surface area contributed by atoms with Crippen molar-refractivity contribution < 1.29 is 0 Å². The molecule has 0 aromatic heterocycles. The predicted molar refractivity (Wildman–Crippen MR) is 70.3 cm³/mol. The number of hydrogen-bond acceptors (Lipinski definition) is 1. The Morgan fingerprint density at radius 2 is 1.93 bits per heavy atom. The lowest BCUT2D eigenvalue weighted by Crippen LogP contribution is -2.23. The molecule has 2 nitrogen and oxygen atoms in total. The van der Waals surface area contributed by atoms with Gasteiger partial charge >= 0.3 is 0 Å². The van der Waals surface area contributed by atoms with Crippen LogP contribution < -0.4 is 11.1 Å². The number of nitrogens with two attached hydrogens (primary N) is 1. The number of rotatable bonds is 1. The van der Waals surface area contributed by atoms with Crippen molar-refractivity contribution in [1.29, 1.82) is 0 Å². The maximum Gasteiger partial charge on any atom is 0.168 e. The van der Waals surface area contributed by atoms with Gasteiger partial charge in [-0.3, -0.25) is 0 Å². The molecule has 1 rings (SSSR count). The number of hydrogen-bond donors (Lipinski definition) is 2. The van der Waals surface area contributed by atoms with Crippen LogP contribution in [0.3, 0.4) is 0 Å². The maximum absolute atomic E-state index is 5.53. The zero-order valence-electron chi connectivity index (χ0n) is 9.72. The van der Waals surface area contributed by atoms with Gasteiger partial charge in [-0.05, 0) is 35.7 Å². The summed E-state index contributed by atoms with van der Waals surface area (Å²) in [6.07, 6.45) is 0. The van der Waals surface area contributed by atoms with Gasteiger partial charge in [0.25, 0.3) is 0 Å². The molecule has 0 aliphatic rings. The highest BCUT2D eigenvalue weighted by atomic mass is 32.1. The summed E-state index contributed by atoms with van der Waals surface area (Å²) in [4.78, 5) is 0. The van der Waals surface area contributed by atoms with Crippen LogP contribution in [0.1, 0.15) is 31.9 Å². The molecule has 0 aliphatic carbocycles. The van der Waals surface area contributed by atoms with E-state index in [1.807, 2.05) is 0 Å². The Bertz CT molecular complexity index is 378. The van der Waals surface area contributed by atoms with E-state index in [1.54, 1.807) is 0 Å². The minimum absolute atomic E-state index is 0.0825. The standard InChI is InChI=1S/C12H18N2S/c1-8-6-5-7-9(12(2,3)4)10(8)14-11(13)15/h5-7H,1-4H3,(H3,13,14,15). The van der Waals surface area contributed by atoms with Crippen LogP contribution in [0.5, 0.6) is 0 Å². The SMILES string of the molecule is Cc1cccc(C(C)(C)C)c1NC(N)=S. The van der Waals surface area contributed by atoms with Gasteiger partial charge in [0.2, 0.25) is 0 Å². The average molecular weight is 222 g/mol. The summed E-state index contributed by atoms with van der Waals surface area (Å²) in [7, 11) is 0. The van der Waals surface area contributed by atoms with E-state index in [0.717, 1.165) is 11.3 Å². The van der Waals surface area contributed by atoms with E-state index in [-0.39, 0.29) is 5.41 Å². The lowest BCUT2D eigenvalue weighted by molar-refractivity contribution is 0.592. The first-order valence-electron chi connectivity index (χ1n) is 4.99. The van der Waals surface area contributed by atoms with Gasteiger partial charge in [-0.2, -0.15) is 0 Å². The molecule has 0 spiro atoms. The number of nitrogens with one attached hydrogen (secondary N) is 1. The third-order valence-corrected chi connectivity index (χ3v) is 2.43. The average Bonchev–Trinajstić information content (AvgIpc) is 2.05. The van der Waals surface area contributed by atoms with Crippen LogP contribution in [0.4, 0.5) is 5.69 Å². The molecule has 3 N–H and O–H groups in total. The minimum atomic E-state index is 0.0825. The number of thiocarbonyl (C=S) groups is 1. The van der Waals surface area contributed by atoms with E-state index in [0.29, 0.717) is 5.11 Å². The van der Waals surface area contributed by atoms with Crippen LogP contribution in [0.25, 0.3) is 0 Å². The molecule has 15 heavy (non-hydrogen) atoms. The molecule has 0 saturated heterocycles. The van der Waals surface area contributed by atoms with Gasteiger partial charge in [-0.15, -0.1) is 0 Å². The summed E-state index contributed by atoms with van der Waals surface area (Å²) >= 11 is 4.89. The molecular weight excluding hydrogens is 204 g/mol. The first kappa shape index (κ1) is 12.0. The van der Waals surface area contributed by atoms with Crippen molar-refractivity contribution in [3.63, 3.8) is 0 Å². The number of anilines is 1. The normalized spacial score (nSPS) is 11.2. The fourth-order valence-corrected chi connectivity index (χ4v) is 1.68. The summed E-state index contributed by atoms with van der Waals surface area (Å²) < 4.78 is 0. The van der Waals surface area contributed by atoms with Crippen molar-refractivity contribution in [3.8, 4) is 0 Å². The quantitative estimate of drug-likeness (QED) is 0.717. The lowest BCUT2D eigenvalue weighted by Gasteiger charge is -2.24. The Kier molecular flexibility index (Phi) is 3.35. The number of aryl methyl sites for hydroxylation is 1. The Hall–Kier alpha value is -1.09. The second kappa shape index (κ2) is 4.19. The van der Waals surface area contributed by atoms with Crippen LogP contribution in [-0.4, -0.2) is 5.11 Å². The highest BCUT2D eigenvalue weighted by Gasteiger charge is 2.18. The molecule has 0 heterocycles. The van der Waals surface area contributed by atoms with Crippen molar-refractivity contribution in [1.82, 2.24) is 0 Å².